The maximum Gasteiger partial charge on any atom is 0.257 e. The molecule has 29 heavy (non-hydrogen) atoms. The summed E-state index contributed by atoms with van der Waals surface area (Å²) in [6.07, 6.45) is 10.8. The van der Waals surface area contributed by atoms with Gasteiger partial charge in [-0.25, -0.2) is 0 Å². The Morgan fingerprint density at radius 2 is 1.76 bits per heavy atom. The zero-order chi connectivity index (χ0) is 21.5. The molecule has 1 atom stereocenters. The number of aliphatic carboxylic acids is 1. The second kappa shape index (κ2) is 9.99. The molecule has 2 amide bonds. The van der Waals surface area contributed by atoms with Crippen molar-refractivity contribution in [2.24, 2.45) is 16.7 Å². The number of carboxylic acids is 1. The van der Waals surface area contributed by atoms with Crippen molar-refractivity contribution < 1.29 is 19.5 Å². The first kappa shape index (κ1) is 23.0. The smallest absolute Gasteiger partial charge is 0.257 e. The van der Waals surface area contributed by atoms with Crippen molar-refractivity contribution >= 4 is 17.8 Å². The van der Waals surface area contributed by atoms with Crippen LogP contribution in [0.15, 0.2) is 24.5 Å². The van der Waals surface area contributed by atoms with Gasteiger partial charge in [-0.2, -0.15) is 0 Å². The molecule has 1 aromatic rings. The molecule has 0 bridgehead atoms. The van der Waals surface area contributed by atoms with Gasteiger partial charge in [0, 0.05) is 29.8 Å². The fourth-order valence-corrected chi connectivity index (χ4v) is 4.61. The molecule has 2 rings (SSSR count). The molecule has 1 unspecified atom stereocenters. The lowest BCUT2D eigenvalue weighted by Gasteiger charge is -2.48. The van der Waals surface area contributed by atoms with Crippen LogP contribution < -0.4 is 10.4 Å². The van der Waals surface area contributed by atoms with Crippen LogP contribution in [0.5, 0.6) is 0 Å². The second-order valence-electron chi connectivity index (χ2n) is 9.31. The molecule has 6 heteroatoms. The minimum Gasteiger partial charge on any atom is -0.550 e. The summed E-state index contributed by atoms with van der Waals surface area (Å²) in [5.74, 6) is -3.14. The minimum atomic E-state index is -1.27. The van der Waals surface area contributed by atoms with Crippen LogP contribution in [0.2, 0.25) is 0 Å². The van der Waals surface area contributed by atoms with Gasteiger partial charge in [-0.15, -0.1) is 0 Å². The zero-order valence-corrected chi connectivity index (χ0v) is 17.8. The van der Waals surface area contributed by atoms with Crippen molar-refractivity contribution in [3.05, 3.63) is 30.1 Å². The maximum atomic E-state index is 12.6. The molecule has 1 saturated carbocycles. The lowest BCUT2D eigenvalue weighted by molar-refractivity contribution is -0.306. The number of carbonyl (C=O) groups is 3. The van der Waals surface area contributed by atoms with E-state index in [0.29, 0.717) is 12.0 Å². The minimum absolute atomic E-state index is 0.164. The lowest BCUT2D eigenvalue weighted by atomic mass is 9.57. The first-order valence-electron chi connectivity index (χ1n) is 10.6. The first-order valence-corrected chi connectivity index (χ1v) is 10.6. The van der Waals surface area contributed by atoms with E-state index in [1.165, 1.54) is 56.6 Å². The summed E-state index contributed by atoms with van der Waals surface area (Å²) in [4.78, 5) is 39.8. The molecular weight excluding hydrogens is 368 g/mol. The third kappa shape index (κ3) is 6.38. The Morgan fingerprint density at radius 1 is 1.14 bits per heavy atom. The molecule has 1 aromatic heterocycles. The number of hydrogen-bond acceptors (Lipinski definition) is 5. The molecule has 1 aliphatic carbocycles. The van der Waals surface area contributed by atoms with E-state index < -0.39 is 23.7 Å². The fraction of sp³-hybridized carbons (Fsp3) is 0.652. The number of amides is 2. The number of rotatable bonds is 8. The molecule has 0 saturated heterocycles. The van der Waals surface area contributed by atoms with Crippen molar-refractivity contribution in [3.63, 3.8) is 0 Å². The number of carbonyl (C=O) groups excluding carboxylic acids is 3. The largest absolute Gasteiger partial charge is 0.550 e. The number of imide groups is 1. The van der Waals surface area contributed by atoms with Crippen LogP contribution in [-0.2, 0) is 9.59 Å². The van der Waals surface area contributed by atoms with Gasteiger partial charge in [-0.3, -0.25) is 19.9 Å². The average molecular weight is 402 g/mol. The van der Waals surface area contributed by atoms with Crippen LogP contribution in [0.1, 0.15) is 88.9 Å². The highest BCUT2D eigenvalue weighted by Gasteiger charge is 2.41. The summed E-state index contributed by atoms with van der Waals surface area (Å²) in [5.41, 5.74) is 0.701. The highest BCUT2D eigenvalue weighted by atomic mass is 16.4. The molecule has 1 fully saturated rings. The van der Waals surface area contributed by atoms with Gasteiger partial charge in [0.15, 0.2) is 0 Å². The summed E-state index contributed by atoms with van der Waals surface area (Å²) < 4.78 is 0. The van der Waals surface area contributed by atoms with Crippen LogP contribution in [0.4, 0.5) is 0 Å². The van der Waals surface area contributed by atoms with Crippen molar-refractivity contribution in [1.29, 1.82) is 0 Å². The predicted octanol–water partition coefficient (Wildman–Crippen LogP) is 3.26. The van der Waals surface area contributed by atoms with Crippen molar-refractivity contribution in [3.8, 4) is 0 Å². The summed E-state index contributed by atoms with van der Waals surface area (Å²) in [6.45, 7) is 6.82. The van der Waals surface area contributed by atoms with Crippen LogP contribution in [0.25, 0.3) is 0 Å². The molecule has 6 nitrogen and oxygen atoms in total. The van der Waals surface area contributed by atoms with Crippen LogP contribution >= 0.6 is 0 Å². The number of nitrogens with zero attached hydrogens (tertiary/aromatic N) is 1. The van der Waals surface area contributed by atoms with E-state index in [0.717, 1.165) is 12.8 Å². The van der Waals surface area contributed by atoms with E-state index >= 15 is 0 Å². The van der Waals surface area contributed by atoms with E-state index in [9.17, 15) is 19.5 Å². The van der Waals surface area contributed by atoms with Gasteiger partial charge in [0.25, 0.3) is 5.91 Å². The highest BCUT2D eigenvalue weighted by molar-refractivity contribution is 6.05. The highest BCUT2D eigenvalue weighted by Crippen LogP contribution is 2.52. The van der Waals surface area contributed by atoms with E-state index in [4.69, 9.17) is 0 Å². The van der Waals surface area contributed by atoms with E-state index in [1.54, 1.807) is 0 Å². The summed E-state index contributed by atoms with van der Waals surface area (Å²) in [7, 11) is 0. The Labute approximate surface area is 173 Å². The molecule has 0 radical (unpaired) electrons. The Balaban J connectivity index is 1.99. The number of carboxylic acid groups (broad SMARTS) is 1. The van der Waals surface area contributed by atoms with Crippen molar-refractivity contribution in [2.75, 3.05) is 0 Å². The molecule has 1 aliphatic rings. The van der Waals surface area contributed by atoms with Crippen LogP contribution in [0, 0.1) is 16.7 Å². The van der Waals surface area contributed by atoms with Crippen LogP contribution in [0.3, 0.4) is 0 Å². The van der Waals surface area contributed by atoms with Gasteiger partial charge in [-0.1, -0.05) is 46.5 Å². The van der Waals surface area contributed by atoms with Gasteiger partial charge >= 0.3 is 0 Å². The topological polar surface area (TPSA) is 99.2 Å². The maximum absolute atomic E-state index is 12.6. The third-order valence-corrected chi connectivity index (χ3v) is 6.57. The Morgan fingerprint density at radius 3 is 2.31 bits per heavy atom. The van der Waals surface area contributed by atoms with Crippen molar-refractivity contribution in [2.45, 2.75) is 78.6 Å². The molecule has 0 spiro atoms. The molecule has 0 aromatic carbocycles. The second-order valence-corrected chi connectivity index (χ2v) is 9.31. The van der Waals surface area contributed by atoms with E-state index in [-0.39, 0.29) is 17.3 Å². The molecular formula is C23H33N2O4-. The van der Waals surface area contributed by atoms with Gasteiger partial charge in [0.1, 0.15) is 0 Å². The summed E-state index contributed by atoms with van der Waals surface area (Å²) >= 11 is 0. The molecule has 160 valence electrons. The SMILES string of the molecule is CC(C)(C)C1(CCCC(CC(=O)[O-])C(=O)NC(=O)c2ccncc2)CCCCC1. The summed E-state index contributed by atoms with van der Waals surface area (Å²) in [5, 5.41) is 13.5. The summed E-state index contributed by atoms with van der Waals surface area (Å²) in [6, 6.07) is 3.01. The van der Waals surface area contributed by atoms with Gasteiger partial charge in [0.05, 0.1) is 0 Å². The molecule has 1 heterocycles. The standard InChI is InChI=1S/C23H34N2O4/c1-22(2,3)23(11-5-4-6-12-23)13-7-8-18(16-19(26)27)21(29)25-20(28)17-9-14-24-15-10-17/h9-10,14-15,18H,4-8,11-13,16H2,1-3H3,(H,26,27)(H,25,28,29)/p-1. The fourth-order valence-electron chi connectivity index (χ4n) is 4.61. The Bertz CT molecular complexity index is 703. The average Bonchev–Trinajstić information content (AvgIpc) is 2.67. The normalized spacial score (nSPS) is 17.3. The van der Waals surface area contributed by atoms with E-state index in [2.05, 4.69) is 31.1 Å². The number of hydrogen-bond donors (Lipinski definition) is 1. The van der Waals surface area contributed by atoms with Crippen LogP contribution in [-0.4, -0.2) is 22.8 Å². The lowest BCUT2D eigenvalue weighted by Crippen LogP contribution is -2.40. The Hall–Kier alpha value is -2.24. The monoisotopic (exact) mass is 401 g/mol. The van der Waals surface area contributed by atoms with E-state index in [1.807, 2.05) is 0 Å². The van der Waals surface area contributed by atoms with Gasteiger partial charge in [0.2, 0.25) is 5.91 Å². The first-order chi connectivity index (χ1) is 13.6. The number of aromatic nitrogens is 1. The number of nitrogens with one attached hydrogen (secondary N) is 1. The third-order valence-electron chi connectivity index (χ3n) is 6.57. The van der Waals surface area contributed by atoms with Crippen molar-refractivity contribution in [1.82, 2.24) is 10.3 Å². The Kier molecular flexibility index (Phi) is 7.94. The zero-order valence-electron chi connectivity index (χ0n) is 17.8. The predicted molar refractivity (Wildman–Crippen MR) is 109 cm³/mol. The van der Waals surface area contributed by atoms with Gasteiger partial charge < -0.3 is 9.90 Å². The number of pyridine rings is 1. The molecule has 0 aliphatic heterocycles. The van der Waals surface area contributed by atoms with Gasteiger partial charge in [-0.05, 0) is 55.1 Å². The quantitative estimate of drug-likeness (QED) is 0.721. The molecule has 1 N–H and O–H groups in total.